The fourth-order valence-corrected chi connectivity index (χ4v) is 1.98. The van der Waals surface area contributed by atoms with Crippen LogP contribution in [0.1, 0.15) is 11.0 Å². The molecule has 3 N–H and O–H groups in total. The molecule has 0 unspecified atom stereocenters. The Bertz CT molecular complexity index is 846. The zero-order chi connectivity index (χ0) is 18.2. The standard InChI is InChI=1S/C14H11Cl2NO3/c15-9-5-6-11(18)13(16)14(9)17-10-4-2-1-3-8(10)7-12(19)20/h1-6,17-18H,7H2,(H,19,20)/i1D,2D,3D,4D. The minimum atomic E-state index is -1.27. The van der Waals surface area contributed by atoms with E-state index in [1.54, 1.807) is 0 Å². The normalized spacial score (nSPS) is 13.1. The summed E-state index contributed by atoms with van der Waals surface area (Å²) in [4.78, 5) is 11.0. The number of phenols is 1. The van der Waals surface area contributed by atoms with Crippen molar-refractivity contribution in [2.45, 2.75) is 6.42 Å². The van der Waals surface area contributed by atoms with Crippen molar-refractivity contribution in [1.29, 1.82) is 0 Å². The van der Waals surface area contributed by atoms with Crippen LogP contribution < -0.4 is 5.32 Å². The second-order valence-electron chi connectivity index (χ2n) is 3.80. The quantitative estimate of drug-likeness (QED) is 0.795. The van der Waals surface area contributed by atoms with Crippen molar-refractivity contribution in [3.8, 4) is 5.75 Å². The Kier molecular flexibility index (Phi) is 2.99. The molecule has 0 heterocycles. The van der Waals surface area contributed by atoms with Gasteiger partial charge in [0, 0.05) is 5.69 Å². The van der Waals surface area contributed by atoms with Crippen LogP contribution in [0.2, 0.25) is 10.0 Å². The summed E-state index contributed by atoms with van der Waals surface area (Å²) >= 11 is 12.0. The minimum Gasteiger partial charge on any atom is -0.506 e. The average molecular weight is 316 g/mol. The van der Waals surface area contributed by atoms with Crippen LogP contribution in [-0.4, -0.2) is 16.2 Å². The molecule has 2 aromatic carbocycles. The second-order valence-corrected chi connectivity index (χ2v) is 4.59. The van der Waals surface area contributed by atoms with Crippen molar-refractivity contribution >= 4 is 40.5 Å². The van der Waals surface area contributed by atoms with Gasteiger partial charge in [-0.25, -0.2) is 0 Å². The lowest BCUT2D eigenvalue weighted by molar-refractivity contribution is -0.136. The maximum absolute atomic E-state index is 11.0. The Hall–Kier alpha value is -1.91. The first-order valence-electron chi connectivity index (χ1n) is 7.40. The molecule has 2 rings (SSSR count). The van der Waals surface area contributed by atoms with Gasteiger partial charge in [0.05, 0.1) is 22.6 Å². The number of para-hydroxylation sites is 1. The Morgan fingerprint density at radius 3 is 2.70 bits per heavy atom. The molecule has 0 aromatic heterocycles. The van der Waals surface area contributed by atoms with Crippen LogP contribution in [0.4, 0.5) is 11.4 Å². The number of halogens is 2. The van der Waals surface area contributed by atoms with Gasteiger partial charge >= 0.3 is 5.97 Å². The van der Waals surface area contributed by atoms with Crippen molar-refractivity contribution < 1.29 is 20.5 Å². The van der Waals surface area contributed by atoms with E-state index >= 15 is 0 Å². The summed E-state index contributed by atoms with van der Waals surface area (Å²) in [5, 5.41) is 21.2. The number of carbonyl (C=O) groups is 1. The Labute approximate surface area is 131 Å². The van der Waals surface area contributed by atoms with Crippen LogP contribution in [0, 0.1) is 0 Å². The molecule has 0 atom stereocenters. The van der Waals surface area contributed by atoms with Gasteiger partial charge in [0.1, 0.15) is 10.8 Å². The number of aliphatic carboxylic acids is 1. The minimum absolute atomic E-state index is 0.00926. The molecule has 104 valence electrons. The second kappa shape index (κ2) is 6.03. The third kappa shape index (κ3) is 3.15. The van der Waals surface area contributed by atoms with E-state index in [-0.39, 0.29) is 32.7 Å². The number of anilines is 2. The molecular weight excluding hydrogens is 301 g/mol. The third-order valence-electron chi connectivity index (χ3n) is 2.41. The van der Waals surface area contributed by atoms with E-state index in [9.17, 15) is 9.90 Å². The summed E-state index contributed by atoms with van der Waals surface area (Å²) in [7, 11) is 0. The van der Waals surface area contributed by atoms with E-state index < -0.39 is 36.6 Å². The molecule has 0 saturated heterocycles. The van der Waals surface area contributed by atoms with Crippen molar-refractivity contribution in [3.05, 3.63) is 51.9 Å². The van der Waals surface area contributed by atoms with Gasteiger partial charge in [-0.15, -0.1) is 0 Å². The van der Waals surface area contributed by atoms with Crippen molar-refractivity contribution in [2.75, 3.05) is 5.32 Å². The molecule has 0 saturated carbocycles. The number of hydrogen-bond acceptors (Lipinski definition) is 3. The number of carboxylic acid groups (broad SMARTS) is 1. The molecule has 0 aliphatic heterocycles. The Balaban J connectivity index is 2.70. The molecule has 0 fully saturated rings. The summed E-state index contributed by atoms with van der Waals surface area (Å²) < 4.78 is 31.2. The van der Waals surface area contributed by atoms with E-state index in [0.717, 1.165) is 0 Å². The van der Waals surface area contributed by atoms with Gasteiger partial charge in [0.15, 0.2) is 0 Å². The van der Waals surface area contributed by atoms with Crippen LogP contribution in [0.25, 0.3) is 0 Å². The third-order valence-corrected chi connectivity index (χ3v) is 3.11. The highest BCUT2D eigenvalue weighted by Crippen LogP contribution is 2.39. The maximum Gasteiger partial charge on any atom is 0.307 e. The Morgan fingerprint density at radius 2 is 2.00 bits per heavy atom. The van der Waals surface area contributed by atoms with Crippen LogP contribution in [0.15, 0.2) is 36.3 Å². The van der Waals surface area contributed by atoms with Gasteiger partial charge < -0.3 is 15.5 Å². The number of nitrogens with one attached hydrogen (secondary N) is 1. The molecule has 0 aliphatic rings. The van der Waals surface area contributed by atoms with Gasteiger partial charge in [-0.05, 0) is 23.7 Å². The van der Waals surface area contributed by atoms with E-state index in [1.807, 2.05) is 0 Å². The number of phenolic OH excluding ortho intramolecular Hbond substituents is 1. The SMILES string of the molecule is [2H]c1c([2H])c([2H])c(Nc2c(Cl)ccc(O)c2Cl)c(CC(=O)O)c1[2H]. The highest BCUT2D eigenvalue weighted by atomic mass is 35.5. The fraction of sp³-hybridized carbons (Fsp3) is 0.0714. The first-order chi connectivity index (χ1) is 11.1. The lowest BCUT2D eigenvalue weighted by Gasteiger charge is -2.14. The number of aromatic hydroxyl groups is 1. The first kappa shape index (κ1) is 9.91. The molecule has 20 heavy (non-hydrogen) atoms. The van der Waals surface area contributed by atoms with Crippen molar-refractivity contribution in [2.24, 2.45) is 0 Å². The zero-order valence-electron chi connectivity index (χ0n) is 13.9. The summed E-state index contributed by atoms with van der Waals surface area (Å²) in [5.74, 6) is -1.56. The number of hydrogen-bond donors (Lipinski definition) is 3. The summed E-state index contributed by atoms with van der Waals surface area (Å²) in [6, 6.07) is 0.567. The first-order valence-corrected chi connectivity index (χ1v) is 6.15. The molecule has 0 aliphatic carbocycles. The average Bonchev–Trinajstić information content (AvgIpc) is 2.53. The molecule has 6 heteroatoms. The van der Waals surface area contributed by atoms with Crippen molar-refractivity contribution in [1.82, 2.24) is 0 Å². The number of benzene rings is 2. The van der Waals surface area contributed by atoms with Crippen LogP contribution >= 0.6 is 23.2 Å². The highest BCUT2D eigenvalue weighted by Gasteiger charge is 2.13. The molecule has 2 aromatic rings. The molecule has 0 amide bonds. The van der Waals surface area contributed by atoms with Gasteiger partial charge in [0.25, 0.3) is 0 Å². The molecule has 4 nitrogen and oxygen atoms in total. The van der Waals surface area contributed by atoms with E-state index in [1.165, 1.54) is 12.1 Å². The lowest BCUT2D eigenvalue weighted by Crippen LogP contribution is -2.04. The van der Waals surface area contributed by atoms with Gasteiger partial charge in [-0.1, -0.05) is 41.3 Å². The monoisotopic (exact) mass is 315 g/mol. The molecule has 0 bridgehead atoms. The largest absolute Gasteiger partial charge is 0.506 e. The maximum atomic E-state index is 11.0. The topological polar surface area (TPSA) is 69.6 Å². The molecule has 0 spiro atoms. The van der Waals surface area contributed by atoms with Gasteiger partial charge in [0.2, 0.25) is 0 Å². The number of carboxylic acids is 1. The van der Waals surface area contributed by atoms with Crippen LogP contribution in [0.3, 0.4) is 0 Å². The van der Waals surface area contributed by atoms with Crippen LogP contribution in [-0.2, 0) is 11.2 Å². The van der Waals surface area contributed by atoms with E-state index in [2.05, 4.69) is 5.32 Å². The van der Waals surface area contributed by atoms with Crippen LogP contribution in [0.5, 0.6) is 5.75 Å². The lowest BCUT2D eigenvalue weighted by atomic mass is 10.1. The summed E-state index contributed by atoms with van der Waals surface area (Å²) in [6.07, 6.45) is -0.632. The summed E-state index contributed by atoms with van der Waals surface area (Å²) in [5.41, 5.74) is -0.309. The number of rotatable bonds is 4. The fourth-order valence-electron chi connectivity index (χ4n) is 1.51. The van der Waals surface area contributed by atoms with E-state index in [0.29, 0.717) is 0 Å². The molecule has 0 radical (unpaired) electrons. The van der Waals surface area contributed by atoms with E-state index in [4.69, 9.17) is 33.8 Å². The molecular formula is C14H11Cl2NO3. The van der Waals surface area contributed by atoms with Crippen molar-refractivity contribution in [3.63, 3.8) is 0 Å². The van der Waals surface area contributed by atoms with Gasteiger partial charge in [-0.3, -0.25) is 4.79 Å². The van der Waals surface area contributed by atoms with Gasteiger partial charge in [-0.2, -0.15) is 0 Å². The Morgan fingerprint density at radius 1 is 1.30 bits per heavy atom. The predicted octanol–water partition coefficient (Wildman–Crippen LogP) is 4.07. The zero-order valence-corrected chi connectivity index (χ0v) is 11.4. The smallest absolute Gasteiger partial charge is 0.307 e. The highest BCUT2D eigenvalue weighted by molar-refractivity contribution is 6.40. The predicted molar refractivity (Wildman–Crippen MR) is 79.2 cm³/mol. The summed E-state index contributed by atoms with van der Waals surface area (Å²) in [6.45, 7) is 0.